The molecule has 0 aliphatic carbocycles. The molecule has 1 saturated heterocycles. The number of alkyl halides is 2. The molecule has 0 bridgehead atoms. The van der Waals surface area contributed by atoms with Gasteiger partial charge in [0.2, 0.25) is 10.0 Å². The molecule has 0 saturated carbocycles. The summed E-state index contributed by atoms with van der Waals surface area (Å²) >= 11 is 0. The number of ether oxygens (including phenoxy) is 1. The van der Waals surface area contributed by atoms with Gasteiger partial charge in [0.05, 0.1) is 23.3 Å². The van der Waals surface area contributed by atoms with Crippen molar-refractivity contribution in [3.8, 4) is 5.75 Å². The Hall–Kier alpha value is -3.28. The summed E-state index contributed by atoms with van der Waals surface area (Å²) in [7, 11) is -3.96. The van der Waals surface area contributed by atoms with Gasteiger partial charge in [0, 0.05) is 31.2 Å². The van der Waals surface area contributed by atoms with Crippen LogP contribution >= 0.6 is 0 Å². The van der Waals surface area contributed by atoms with Crippen molar-refractivity contribution in [2.45, 2.75) is 43.5 Å². The van der Waals surface area contributed by atoms with Crippen molar-refractivity contribution in [1.29, 1.82) is 0 Å². The van der Waals surface area contributed by atoms with E-state index < -0.39 is 22.6 Å². The molecule has 1 N–H and O–H groups in total. The smallest absolute Gasteiger partial charge is 0.387 e. The zero-order valence-corrected chi connectivity index (χ0v) is 20.1. The molecule has 0 spiro atoms. The minimum Gasteiger partial charge on any atom is -0.478 e. The fourth-order valence-electron chi connectivity index (χ4n) is 4.32. The fourth-order valence-corrected chi connectivity index (χ4v) is 5.97. The van der Waals surface area contributed by atoms with E-state index in [0.29, 0.717) is 43.8 Å². The lowest BCUT2D eigenvalue weighted by molar-refractivity contribution is -0.0508. The van der Waals surface area contributed by atoms with Gasteiger partial charge in [-0.15, -0.1) is 0 Å². The molecule has 0 atom stereocenters. The van der Waals surface area contributed by atoms with Gasteiger partial charge >= 0.3 is 12.6 Å². The van der Waals surface area contributed by atoms with Gasteiger partial charge in [-0.1, -0.05) is 18.2 Å². The summed E-state index contributed by atoms with van der Waals surface area (Å²) in [5.74, 6) is -0.526. The summed E-state index contributed by atoms with van der Waals surface area (Å²) in [5, 5.41) is 9.13. The molecule has 11 heteroatoms. The number of rotatable bonds is 10. The van der Waals surface area contributed by atoms with E-state index in [-0.39, 0.29) is 28.8 Å². The maximum atomic E-state index is 13.6. The maximum absolute atomic E-state index is 13.6. The van der Waals surface area contributed by atoms with Crippen LogP contribution in [-0.2, 0) is 23.1 Å². The quantitative estimate of drug-likeness (QED) is 0.422. The van der Waals surface area contributed by atoms with Crippen molar-refractivity contribution in [1.82, 2.24) is 9.21 Å². The molecule has 1 fully saturated rings. The standard InChI is InChI=1S/C25H26F2N2O6S/c26-25(27)35-23-6-2-1-4-19(23)16-28-13-11-20(12-14-28)29(17-21-5-3-15-34-21)36(32,33)22-9-7-18(8-10-22)24(30)31/h1-10,15,20,25H,11-14,16-17H2,(H,30,31). The molecule has 1 aliphatic rings. The van der Waals surface area contributed by atoms with Crippen molar-refractivity contribution in [2.75, 3.05) is 13.1 Å². The molecule has 0 radical (unpaired) electrons. The molecule has 1 aromatic heterocycles. The number of nitrogens with zero attached hydrogens (tertiary/aromatic N) is 2. The first-order chi connectivity index (χ1) is 17.2. The van der Waals surface area contributed by atoms with Crippen LogP contribution < -0.4 is 4.74 Å². The van der Waals surface area contributed by atoms with E-state index in [9.17, 15) is 22.0 Å². The number of carbonyl (C=O) groups is 1. The van der Waals surface area contributed by atoms with Crippen LogP contribution in [0.2, 0.25) is 0 Å². The minimum atomic E-state index is -3.96. The number of carboxylic acids is 1. The van der Waals surface area contributed by atoms with E-state index in [1.807, 2.05) is 0 Å². The Morgan fingerprint density at radius 2 is 1.78 bits per heavy atom. The summed E-state index contributed by atoms with van der Waals surface area (Å²) in [4.78, 5) is 13.2. The molecule has 8 nitrogen and oxygen atoms in total. The number of aromatic carboxylic acids is 1. The molecular formula is C25H26F2N2O6S. The number of carboxylic acid groups (broad SMARTS) is 1. The van der Waals surface area contributed by atoms with E-state index in [1.54, 1.807) is 30.3 Å². The van der Waals surface area contributed by atoms with Crippen LogP contribution in [-0.4, -0.2) is 54.4 Å². The third kappa shape index (κ3) is 6.10. The molecule has 4 rings (SSSR count). The van der Waals surface area contributed by atoms with Crippen molar-refractivity contribution >= 4 is 16.0 Å². The summed E-state index contributed by atoms with van der Waals surface area (Å²) in [6, 6.07) is 14.8. The van der Waals surface area contributed by atoms with Gasteiger partial charge in [0.25, 0.3) is 0 Å². The number of hydrogen-bond donors (Lipinski definition) is 1. The predicted molar refractivity (Wildman–Crippen MR) is 126 cm³/mol. The van der Waals surface area contributed by atoms with Crippen LogP contribution in [0.25, 0.3) is 0 Å². The summed E-state index contributed by atoms with van der Waals surface area (Å²) in [5.41, 5.74) is 0.630. The molecule has 0 amide bonds. The molecule has 2 heterocycles. The van der Waals surface area contributed by atoms with Crippen LogP contribution in [0.1, 0.15) is 34.5 Å². The first kappa shape index (κ1) is 25.8. The average molecular weight is 521 g/mol. The van der Waals surface area contributed by atoms with E-state index in [1.165, 1.54) is 40.9 Å². The van der Waals surface area contributed by atoms with Crippen molar-refractivity contribution in [2.24, 2.45) is 0 Å². The van der Waals surface area contributed by atoms with Gasteiger partial charge in [-0.3, -0.25) is 4.90 Å². The summed E-state index contributed by atoms with van der Waals surface area (Å²) in [6.45, 7) is -1.38. The van der Waals surface area contributed by atoms with Crippen molar-refractivity contribution in [3.05, 3.63) is 83.8 Å². The largest absolute Gasteiger partial charge is 0.478 e. The second kappa shape index (κ2) is 11.2. The van der Waals surface area contributed by atoms with Gasteiger partial charge in [-0.2, -0.15) is 13.1 Å². The molecule has 192 valence electrons. The molecular weight excluding hydrogens is 494 g/mol. The van der Waals surface area contributed by atoms with E-state index >= 15 is 0 Å². The predicted octanol–water partition coefficient (Wildman–Crippen LogP) is 4.43. The highest BCUT2D eigenvalue weighted by Crippen LogP contribution is 2.29. The minimum absolute atomic E-state index is 0.000407. The van der Waals surface area contributed by atoms with Gasteiger partial charge in [-0.25, -0.2) is 13.2 Å². The normalized spacial score (nSPS) is 15.4. The lowest BCUT2D eigenvalue weighted by Gasteiger charge is -2.37. The fraction of sp³-hybridized carbons (Fsp3) is 0.320. The lowest BCUT2D eigenvalue weighted by atomic mass is 10.0. The average Bonchev–Trinajstić information content (AvgIpc) is 3.37. The number of likely N-dealkylation sites (tertiary alicyclic amines) is 1. The number of halogens is 2. The molecule has 3 aromatic rings. The second-order valence-electron chi connectivity index (χ2n) is 8.45. The SMILES string of the molecule is O=C(O)c1ccc(S(=O)(=O)N(Cc2ccco2)C2CCN(Cc3ccccc3OC(F)F)CC2)cc1. The Morgan fingerprint density at radius 1 is 1.08 bits per heavy atom. The number of benzene rings is 2. The Morgan fingerprint density at radius 3 is 2.39 bits per heavy atom. The van der Waals surface area contributed by atoms with Gasteiger partial charge in [-0.05, 0) is 55.3 Å². The van der Waals surface area contributed by atoms with Crippen molar-refractivity contribution in [3.63, 3.8) is 0 Å². The Balaban J connectivity index is 1.50. The van der Waals surface area contributed by atoms with Gasteiger partial charge < -0.3 is 14.3 Å². The monoisotopic (exact) mass is 520 g/mol. The van der Waals surface area contributed by atoms with Crippen LogP contribution in [0.3, 0.4) is 0 Å². The highest BCUT2D eigenvalue weighted by molar-refractivity contribution is 7.89. The molecule has 1 aliphatic heterocycles. The Labute approximate surface area is 207 Å². The molecule has 2 aromatic carbocycles. The molecule has 36 heavy (non-hydrogen) atoms. The highest BCUT2D eigenvalue weighted by Gasteiger charge is 2.34. The van der Waals surface area contributed by atoms with Crippen LogP contribution in [0.15, 0.2) is 76.2 Å². The number of piperidine rings is 1. The first-order valence-corrected chi connectivity index (χ1v) is 12.8. The number of para-hydroxylation sites is 1. The van der Waals surface area contributed by atoms with Crippen LogP contribution in [0.5, 0.6) is 5.75 Å². The van der Waals surface area contributed by atoms with E-state index in [0.717, 1.165) is 0 Å². The van der Waals surface area contributed by atoms with Gasteiger partial charge in [0.1, 0.15) is 11.5 Å². The maximum Gasteiger partial charge on any atom is 0.387 e. The first-order valence-electron chi connectivity index (χ1n) is 11.4. The van der Waals surface area contributed by atoms with Crippen LogP contribution in [0, 0.1) is 0 Å². The van der Waals surface area contributed by atoms with E-state index in [4.69, 9.17) is 9.52 Å². The third-order valence-electron chi connectivity index (χ3n) is 6.15. The lowest BCUT2D eigenvalue weighted by Crippen LogP contribution is -2.46. The summed E-state index contributed by atoms with van der Waals surface area (Å²) in [6.07, 6.45) is 2.51. The molecule has 0 unspecified atom stereocenters. The van der Waals surface area contributed by atoms with Crippen molar-refractivity contribution < 1.29 is 36.3 Å². The van der Waals surface area contributed by atoms with Crippen LogP contribution in [0.4, 0.5) is 8.78 Å². The highest BCUT2D eigenvalue weighted by atomic mass is 32.2. The number of sulfonamides is 1. The van der Waals surface area contributed by atoms with Gasteiger partial charge in [0.15, 0.2) is 0 Å². The summed E-state index contributed by atoms with van der Waals surface area (Å²) < 4.78 is 64.1. The number of hydrogen-bond acceptors (Lipinski definition) is 6. The van der Waals surface area contributed by atoms with E-state index in [2.05, 4.69) is 9.64 Å². The topological polar surface area (TPSA) is 100 Å². The Bertz CT molecular complexity index is 1260. The second-order valence-corrected chi connectivity index (χ2v) is 10.3. The number of furan rings is 1. The Kier molecular flexibility index (Phi) is 8.02. The zero-order chi connectivity index (χ0) is 25.7. The zero-order valence-electron chi connectivity index (χ0n) is 19.3. The third-order valence-corrected chi connectivity index (χ3v) is 8.06.